The molecule has 5 heteroatoms. The number of aliphatic carboxylic acids is 1. The first kappa shape index (κ1) is 23.1. The second-order valence-corrected chi connectivity index (χ2v) is 6.84. The molecule has 1 aliphatic carbocycles. The Morgan fingerprint density at radius 1 is 1.15 bits per heavy atom. The summed E-state index contributed by atoms with van der Waals surface area (Å²) in [4.78, 5) is 22.7. The highest BCUT2D eigenvalue weighted by molar-refractivity contribution is 5.85. The van der Waals surface area contributed by atoms with Gasteiger partial charge in [-0.1, -0.05) is 55.5 Å². The topological polar surface area (TPSA) is 94.8 Å². The molecule has 5 nitrogen and oxygen atoms in total. The summed E-state index contributed by atoms with van der Waals surface area (Å²) < 4.78 is 0. The first-order valence-electron chi connectivity index (χ1n) is 9.69. The van der Waals surface area contributed by atoms with E-state index < -0.39 is 30.0 Å². The molecule has 0 spiro atoms. The fraction of sp³-hybridized carbons (Fsp3) is 0.545. The van der Waals surface area contributed by atoms with Crippen LogP contribution in [0.15, 0.2) is 48.6 Å². The number of allylic oxidation sites excluding steroid dienone is 5. The summed E-state index contributed by atoms with van der Waals surface area (Å²) in [5.41, 5.74) is 0. The SMILES string of the molecule is CC/C=C\C/C=C/C/C=C\C[C@@H](O)/C=C/[C@@H]1[C@@H](O)CC(=O)[C@@H]1CCC(=O)O. The maximum absolute atomic E-state index is 11.9. The van der Waals surface area contributed by atoms with Crippen molar-refractivity contribution in [2.45, 2.75) is 64.1 Å². The van der Waals surface area contributed by atoms with Gasteiger partial charge in [-0.2, -0.15) is 0 Å². The number of hydrogen-bond acceptors (Lipinski definition) is 4. The number of carbonyl (C=O) groups is 2. The average Bonchev–Trinajstić information content (AvgIpc) is 2.89. The van der Waals surface area contributed by atoms with Crippen molar-refractivity contribution in [1.29, 1.82) is 0 Å². The van der Waals surface area contributed by atoms with Gasteiger partial charge in [0.15, 0.2) is 0 Å². The summed E-state index contributed by atoms with van der Waals surface area (Å²) in [6.07, 6.45) is 17.5. The maximum Gasteiger partial charge on any atom is 0.303 e. The summed E-state index contributed by atoms with van der Waals surface area (Å²) >= 11 is 0. The minimum absolute atomic E-state index is 0.0507. The molecule has 0 saturated heterocycles. The van der Waals surface area contributed by atoms with Gasteiger partial charge < -0.3 is 15.3 Å². The predicted molar refractivity (Wildman–Crippen MR) is 106 cm³/mol. The number of aliphatic hydroxyl groups excluding tert-OH is 2. The van der Waals surface area contributed by atoms with Crippen LogP contribution >= 0.6 is 0 Å². The van der Waals surface area contributed by atoms with Crippen molar-refractivity contribution in [3.8, 4) is 0 Å². The highest BCUT2D eigenvalue weighted by atomic mass is 16.4. The van der Waals surface area contributed by atoms with E-state index in [0.717, 1.165) is 19.3 Å². The van der Waals surface area contributed by atoms with E-state index in [2.05, 4.69) is 31.2 Å². The molecular weight excluding hydrogens is 344 g/mol. The van der Waals surface area contributed by atoms with E-state index in [1.807, 2.05) is 12.2 Å². The second-order valence-electron chi connectivity index (χ2n) is 6.84. The molecule has 0 amide bonds. The number of ketones is 1. The Balaban J connectivity index is 2.40. The lowest BCUT2D eigenvalue weighted by atomic mass is 9.89. The molecule has 0 unspecified atom stereocenters. The molecule has 1 aliphatic rings. The van der Waals surface area contributed by atoms with Gasteiger partial charge >= 0.3 is 5.97 Å². The third-order valence-electron chi connectivity index (χ3n) is 4.62. The lowest BCUT2D eigenvalue weighted by Gasteiger charge is -2.17. The van der Waals surface area contributed by atoms with Crippen molar-refractivity contribution in [2.75, 3.05) is 0 Å². The molecule has 0 aliphatic heterocycles. The van der Waals surface area contributed by atoms with Crippen LogP contribution in [0, 0.1) is 11.8 Å². The molecule has 27 heavy (non-hydrogen) atoms. The molecule has 0 radical (unpaired) electrons. The van der Waals surface area contributed by atoms with Crippen molar-refractivity contribution < 1.29 is 24.9 Å². The van der Waals surface area contributed by atoms with Gasteiger partial charge in [-0.05, 0) is 32.1 Å². The zero-order valence-corrected chi connectivity index (χ0v) is 16.0. The number of rotatable bonds is 12. The fourth-order valence-corrected chi connectivity index (χ4v) is 3.15. The van der Waals surface area contributed by atoms with Crippen LogP contribution in [0.5, 0.6) is 0 Å². The first-order chi connectivity index (χ1) is 13.0. The van der Waals surface area contributed by atoms with E-state index in [1.54, 1.807) is 12.2 Å². The molecule has 0 heterocycles. The van der Waals surface area contributed by atoms with Gasteiger partial charge in [0.05, 0.1) is 12.2 Å². The molecule has 0 aromatic heterocycles. The van der Waals surface area contributed by atoms with Crippen LogP contribution in [0.25, 0.3) is 0 Å². The van der Waals surface area contributed by atoms with Gasteiger partial charge in [-0.15, -0.1) is 0 Å². The molecular formula is C22H32O5. The molecule has 1 rings (SSSR count). The van der Waals surface area contributed by atoms with E-state index in [1.165, 1.54) is 0 Å². The van der Waals surface area contributed by atoms with Gasteiger partial charge in [0.2, 0.25) is 0 Å². The third kappa shape index (κ3) is 9.50. The minimum atomic E-state index is -0.951. The lowest BCUT2D eigenvalue weighted by molar-refractivity contribution is -0.137. The van der Waals surface area contributed by atoms with Crippen LogP contribution in [-0.2, 0) is 9.59 Å². The highest BCUT2D eigenvalue weighted by Crippen LogP contribution is 2.33. The Labute approximate surface area is 161 Å². The van der Waals surface area contributed by atoms with Gasteiger partial charge in [0.25, 0.3) is 0 Å². The molecule has 4 atom stereocenters. The first-order valence-corrected chi connectivity index (χ1v) is 9.69. The van der Waals surface area contributed by atoms with Gasteiger partial charge in [0, 0.05) is 24.7 Å². The van der Waals surface area contributed by atoms with Crippen LogP contribution < -0.4 is 0 Å². The zero-order valence-electron chi connectivity index (χ0n) is 16.0. The van der Waals surface area contributed by atoms with Crippen molar-refractivity contribution in [2.24, 2.45) is 11.8 Å². The van der Waals surface area contributed by atoms with Gasteiger partial charge in [-0.3, -0.25) is 9.59 Å². The molecule has 0 aromatic rings. The number of carboxylic acid groups (broad SMARTS) is 1. The molecule has 150 valence electrons. The van der Waals surface area contributed by atoms with E-state index in [0.29, 0.717) is 6.42 Å². The molecule has 3 N–H and O–H groups in total. The van der Waals surface area contributed by atoms with E-state index >= 15 is 0 Å². The number of aliphatic hydroxyl groups is 2. The monoisotopic (exact) mass is 376 g/mol. The fourth-order valence-electron chi connectivity index (χ4n) is 3.15. The van der Waals surface area contributed by atoms with Crippen LogP contribution in [0.4, 0.5) is 0 Å². The van der Waals surface area contributed by atoms with Crippen molar-refractivity contribution in [3.63, 3.8) is 0 Å². The Morgan fingerprint density at radius 2 is 1.78 bits per heavy atom. The number of carbonyl (C=O) groups excluding carboxylic acids is 1. The molecule has 1 saturated carbocycles. The van der Waals surface area contributed by atoms with E-state index in [4.69, 9.17) is 5.11 Å². The summed E-state index contributed by atoms with van der Waals surface area (Å²) in [5, 5.41) is 28.9. The quantitative estimate of drug-likeness (QED) is 0.453. The van der Waals surface area contributed by atoms with E-state index in [9.17, 15) is 19.8 Å². The summed E-state index contributed by atoms with van der Waals surface area (Å²) in [7, 11) is 0. The van der Waals surface area contributed by atoms with Gasteiger partial charge in [0.1, 0.15) is 5.78 Å². The zero-order chi connectivity index (χ0) is 20.1. The second kappa shape index (κ2) is 13.2. The van der Waals surface area contributed by atoms with Crippen LogP contribution in [-0.4, -0.2) is 39.3 Å². The minimum Gasteiger partial charge on any atom is -0.481 e. The number of Topliss-reactive ketones (excluding diaryl/α,β-unsaturated/α-hetero) is 1. The smallest absolute Gasteiger partial charge is 0.303 e. The third-order valence-corrected chi connectivity index (χ3v) is 4.62. The number of carboxylic acids is 1. The molecule has 0 bridgehead atoms. The largest absolute Gasteiger partial charge is 0.481 e. The molecule has 0 aromatic carbocycles. The van der Waals surface area contributed by atoms with Crippen LogP contribution in [0.1, 0.15) is 51.9 Å². The Hall–Kier alpha value is -1.98. The Bertz CT molecular complexity index is 573. The Kier molecular flexibility index (Phi) is 11.3. The lowest BCUT2D eigenvalue weighted by Crippen LogP contribution is -2.20. The maximum atomic E-state index is 11.9. The normalized spacial score (nSPS) is 24.9. The predicted octanol–water partition coefficient (Wildman–Crippen LogP) is 3.58. The number of hydrogen-bond donors (Lipinski definition) is 3. The summed E-state index contributed by atoms with van der Waals surface area (Å²) in [5.74, 6) is -1.96. The van der Waals surface area contributed by atoms with Crippen LogP contribution in [0.2, 0.25) is 0 Å². The molecule has 1 fully saturated rings. The van der Waals surface area contributed by atoms with Crippen LogP contribution in [0.3, 0.4) is 0 Å². The van der Waals surface area contributed by atoms with E-state index in [-0.39, 0.29) is 25.0 Å². The van der Waals surface area contributed by atoms with Gasteiger partial charge in [-0.25, -0.2) is 0 Å². The Morgan fingerprint density at radius 3 is 2.41 bits per heavy atom. The summed E-state index contributed by atoms with van der Waals surface area (Å²) in [6, 6.07) is 0. The van der Waals surface area contributed by atoms with Crippen molar-refractivity contribution in [3.05, 3.63) is 48.6 Å². The standard InChI is InChI=1S/C22H32O5/c1-2-3-4-5-6-7-8-9-10-11-17(23)12-13-18-19(14-15-22(26)27)21(25)16-20(18)24/h3-4,6-7,9-10,12-13,17-20,23-24H,2,5,8,11,14-16H2,1H3,(H,26,27)/b4-3-,7-6+,10-9-,13-12+/t17-,18+,19-,20+/m1/s1. The van der Waals surface area contributed by atoms with Crippen molar-refractivity contribution in [1.82, 2.24) is 0 Å². The average molecular weight is 376 g/mol. The summed E-state index contributed by atoms with van der Waals surface area (Å²) in [6.45, 7) is 2.10. The van der Waals surface area contributed by atoms with Crippen molar-refractivity contribution >= 4 is 11.8 Å². The highest BCUT2D eigenvalue weighted by Gasteiger charge is 2.39.